The molecule has 4 rings (SSSR count). The fraction of sp³-hybridized carbons (Fsp3) is 0.174. The standard InChI is InChI=1S/C23H20N2O5/c26-13-22(15-6-5-7-16(12-15)25(28)29)24-23(27)30-14-21-19-10-3-1-8-17(19)18-9-2-4-11-20(18)21/h1-12,21-22,26H,13-14H2,(H,24,27). The van der Waals surface area contributed by atoms with E-state index in [0.29, 0.717) is 5.56 Å². The Morgan fingerprint density at radius 3 is 2.27 bits per heavy atom. The third-order valence-electron chi connectivity index (χ3n) is 5.30. The summed E-state index contributed by atoms with van der Waals surface area (Å²) in [6.45, 7) is -0.266. The van der Waals surface area contributed by atoms with Crippen molar-refractivity contribution in [3.63, 3.8) is 0 Å². The van der Waals surface area contributed by atoms with E-state index in [1.807, 2.05) is 36.4 Å². The number of nitrogens with zero attached hydrogens (tertiary/aromatic N) is 1. The zero-order chi connectivity index (χ0) is 21.1. The Labute approximate surface area is 173 Å². The van der Waals surface area contributed by atoms with Gasteiger partial charge in [-0.2, -0.15) is 0 Å². The van der Waals surface area contributed by atoms with E-state index in [1.54, 1.807) is 6.07 Å². The van der Waals surface area contributed by atoms with Crippen molar-refractivity contribution in [2.45, 2.75) is 12.0 Å². The lowest BCUT2D eigenvalue weighted by Crippen LogP contribution is -2.32. The number of nitro benzene ring substituents is 1. The summed E-state index contributed by atoms with van der Waals surface area (Å²) in [6, 6.07) is 21.0. The summed E-state index contributed by atoms with van der Waals surface area (Å²) in [7, 11) is 0. The maximum absolute atomic E-state index is 12.4. The van der Waals surface area contributed by atoms with Crippen molar-refractivity contribution in [2.75, 3.05) is 13.2 Å². The van der Waals surface area contributed by atoms with Crippen LogP contribution in [0.5, 0.6) is 0 Å². The van der Waals surface area contributed by atoms with Crippen molar-refractivity contribution >= 4 is 11.8 Å². The van der Waals surface area contributed by atoms with Crippen LogP contribution in [0.3, 0.4) is 0 Å². The summed E-state index contributed by atoms with van der Waals surface area (Å²) in [5.41, 5.74) is 4.78. The number of hydrogen-bond acceptors (Lipinski definition) is 5. The van der Waals surface area contributed by atoms with Gasteiger partial charge in [0.05, 0.1) is 17.6 Å². The number of carbonyl (C=O) groups excluding carboxylic acids is 1. The van der Waals surface area contributed by atoms with E-state index in [4.69, 9.17) is 4.74 Å². The second-order valence-electron chi connectivity index (χ2n) is 7.06. The van der Waals surface area contributed by atoms with E-state index in [1.165, 1.54) is 18.2 Å². The normalized spacial score (nSPS) is 13.2. The fourth-order valence-electron chi connectivity index (χ4n) is 3.87. The van der Waals surface area contributed by atoms with E-state index < -0.39 is 23.7 Å². The molecule has 0 aliphatic heterocycles. The first-order valence-corrected chi connectivity index (χ1v) is 9.55. The number of benzene rings is 3. The van der Waals surface area contributed by atoms with Crippen molar-refractivity contribution in [2.24, 2.45) is 0 Å². The molecule has 1 unspecified atom stereocenters. The van der Waals surface area contributed by atoms with E-state index in [-0.39, 0.29) is 18.2 Å². The summed E-state index contributed by atoms with van der Waals surface area (Å²) in [5, 5.41) is 23.2. The minimum absolute atomic E-state index is 0.0754. The first-order chi connectivity index (χ1) is 14.6. The highest BCUT2D eigenvalue weighted by molar-refractivity contribution is 5.79. The number of amides is 1. The van der Waals surface area contributed by atoms with E-state index in [0.717, 1.165) is 22.3 Å². The number of rotatable bonds is 6. The van der Waals surface area contributed by atoms with Crippen LogP contribution in [-0.4, -0.2) is 29.3 Å². The van der Waals surface area contributed by atoms with Crippen LogP contribution in [0.25, 0.3) is 11.1 Å². The molecule has 1 atom stereocenters. The molecule has 152 valence electrons. The van der Waals surface area contributed by atoms with Crippen molar-refractivity contribution in [1.82, 2.24) is 5.32 Å². The molecule has 0 fully saturated rings. The van der Waals surface area contributed by atoms with Gasteiger partial charge in [0.25, 0.3) is 5.69 Å². The number of hydrogen-bond donors (Lipinski definition) is 2. The zero-order valence-electron chi connectivity index (χ0n) is 16.0. The molecule has 3 aromatic rings. The molecule has 0 bridgehead atoms. The Morgan fingerprint density at radius 1 is 1.03 bits per heavy atom. The average molecular weight is 404 g/mol. The van der Waals surface area contributed by atoms with E-state index in [9.17, 15) is 20.0 Å². The maximum atomic E-state index is 12.4. The van der Waals surface area contributed by atoms with Gasteiger partial charge < -0.3 is 15.2 Å². The molecule has 0 saturated heterocycles. The topological polar surface area (TPSA) is 102 Å². The second-order valence-corrected chi connectivity index (χ2v) is 7.06. The first kappa shape index (κ1) is 19.6. The highest BCUT2D eigenvalue weighted by Gasteiger charge is 2.29. The van der Waals surface area contributed by atoms with Crippen molar-refractivity contribution in [3.8, 4) is 11.1 Å². The van der Waals surface area contributed by atoms with Gasteiger partial charge in [0, 0.05) is 18.1 Å². The molecule has 0 saturated carbocycles. The molecule has 3 aromatic carbocycles. The first-order valence-electron chi connectivity index (χ1n) is 9.55. The number of fused-ring (bicyclic) bond motifs is 3. The summed E-state index contributed by atoms with van der Waals surface area (Å²) in [4.78, 5) is 22.9. The molecular formula is C23H20N2O5. The number of alkyl carbamates (subject to hydrolysis) is 1. The Balaban J connectivity index is 1.46. The smallest absolute Gasteiger partial charge is 0.407 e. The summed E-state index contributed by atoms with van der Waals surface area (Å²) >= 11 is 0. The molecule has 0 heterocycles. The molecule has 1 aliphatic carbocycles. The van der Waals surface area contributed by atoms with Gasteiger partial charge in [-0.1, -0.05) is 60.7 Å². The van der Waals surface area contributed by atoms with Crippen LogP contribution < -0.4 is 5.32 Å². The van der Waals surface area contributed by atoms with E-state index >= 15 is 0 Å². The van der Waals surface area contributed by atoms with Crippen molar-refractivity contribution < 1.29 is 19.6 Å². The van der Waals surface area contributed by atoms with Gasteiger partial charge in [-0.15, -0.1) is 0 Å². The third-order valence-corrected chi connectivity index (χ3v) is 5.30. The van der Waals surface area contributed by atoms with Crippen molar-refractivity contribution in [3.05, 3.63) is 99.6 Å². The minimum Gasteiger partial charge on any atom is -0.449 e. The SMILES string of the molecule is O=C(NC(CO)c1cccc([N+](=O)[O-])c1)OCC1c2ccccc2-c2ccccc21. The number of ether oxygens (including phenoxy) is 1. The molecule has 1 aliphatic rings. The van der Waals surface area contributed by atoms with Gasteiger partial charge in [0.1, 0.15) is 6.61 Å². The fourth-order valence-corrected chi connectivity index (χ4v) is 3.87. The monoisotopic (exact) mass is 404 g/mol. The second kappa shape index (κ2) is 8.34. The van der Waals surface area contributed by atoms with Crippen LogP contribution in [0.1, 0.15) is 28.7 Å². The van der Waals surface area contributed by atoms with Crippen LogP contribution in [0.15, 0.2) is 72.8 Å². The molecule has 2 N–H and O–H groups in total. The Bertz CT molecular complexity index is 1050. The third kappa shape index (κ3) is 3.75. The maximum Gasteiger partial charge on any atom is 0.407 e. The van der Waals surface area contributed by atoms with E-state index in [2.05, 4.69) is 17.4 Å². The van der Waals surface area contributed by atoms with Gasteiger partial charge in [-0.3, -0.25) is 10.1 Å². The molecule has 30 heavy (non-hydrogen) atoms. The van der Waals surface area contributed by atoms with Gasteiger partial charge in [-0.05, 0) is 27.8 Å². The summed E-state index contributed by atoms with van der Waals surface area (Å²) in [5.74, 6) is -0.0754. The zero-order valence-corrected chi connectivity index (χ0v) is 16.0. The van der Waals surface area contributed by atoms with Gasteiger partial charge >= 0.3 is 6.09 Å². The Hall–Kier alpha value is -3.71. The van der Waals surface area contributed by atoms with Crippen LogP contribution in [-0.2, 0) is 4.74 Å². The Morgan fingerprint density at radius 2 is 1.67 bits per heavy atom. The number of nitro groups is 1. The van der Waals surface area contributed by atoms with Crippen molar-refractivity contribution in [1.29, 1.82) is 0 Å². The summed E-state index contributed by atoms with van der Waals surface area (Å²) in [6.07, 6.45) is -0.692. The molecular weight excluding hydrogens is 384 g/mol. The number of nitrogens with one attached hydrogen (secondary N) is 1. The van der Waals surface area contributed by atoms with Crippen LogP contribution >= 0.6 is 0 Å². The lowest BCUT2D eigenvalue weighted by molar-refractivity contribution is -0.384. The minimum atomic E-state index is -0.805. The quantitative estimate of drug-likeness (QED) is 0.474. The van der Waals surface area contributed by atoms with Gasteiger partial charge in [0.2, 0.25) is 0 Å². The molecule has 0 radical (unpaired) electrons. The molecule has 7 heteroatoms. The number of aliphatic hydroxyl groups excluding tert-OH is 1. The highest BCUT2D eigenvalue weighted by Crippen LogP contribution is 2.44. The van der Waals surface area contributed by atoms with Gasteiger partial charge in [-0.25, -0.2) is 4.79 Å². The highest BCUT2D eigenvalue weighted by atomic mass is 16.6. The lowest BCUT2D eigenvalue weighted by atomic mass is 9.98. The molecule has 1 amide bonds. The van der Waals surface area contributed by atoms with Gasteiger partial charge in [0.15, 0.2) is 0 Å². The number of carbonyl (C=O) groups is 1. The average Bonchev–Trinajstić information content (AvgIpc) is 3.10. The largest absolute Gasteiger partial charge is 0.449 e. The Kier molecular flexibility index (Phi) is 5.45. The predicted octanol–water partition coefficient (Wildman–Crippen LogP) is 4.17. The molecule has 0 spiro atoms. The number of aliphatic hydroxyl groups is 1. The predicted molar refractivity (Wildman–Crippen MR) is 111 cm³/mol. The number of non-ortho nitro benzene ring substituents is 1. The molecule has 7 nitrogen and oxygen atoms in total. The van der Waals surface area contributed by atoms with Crippen LogP contribution in [0.4, 0.5) is 10.5 Å². The van der Waals surface area contributed by atoms with Crippen LogP contribution in [0.2, 0.25) is 0 Å². The molecule has 0 aromatic heterocycles. The lowest BCUT2D eigenvalue weighted by Gasteiger charge is -2.18. The van der Waals surface area contributed by atoms with Crippen LogP contribution in [0, 0.1) is 10.1 Å². The summed E-state index contributed by atoms with van der Waals surface area (Å²) < 4.78 is 5.48.